The van der Waals surface area contributed by atoms with Gasteiger partial charge in [-0.25, -0.2) is 13.6 Å². The van der Waals surface area contributed by atoms with Crippen LogP contribution in [0, 0.1) is 6.92 Å². The molecular weight excluding hydrogens is 232 g/mol. The number of rotatable bonds is 1. The molecule has 1 aromatic rings. The van der Waals surface area contributed by atoms with Gasteiger partial charge in [-0.15, -0.1) is 0 Å². The summed E-state index contributed by atoms with van der Waals surface area (Å²) in [6, 6.07) is 4.40. The molecule has 0 unspecified atom stereocenters. The third-order valence-corrected chi connectivity index (χ3v) is 2.49. The normalized spacial score (nSPS) is 10.2. The zero-order chi connectivity index (χ0) is 12.9. The van der Waals surface area contributed by atoms with Crippen molar-refractivity contribution in [1.29, 1.82) is 0 Å². The number of carboxylic acids is 1. The van der Waals surface area contributed by atoms with E-state index in [9.17, 15) is 8.42 Å². The number of aliphatic carboxylic acids is 1. The van der Waals surface area contributed by atoms with Gasteiger partial charge in [-0.05, 0) is 24.6 Å². The number of carboxylic acid groups (broad SMARTS) is 1. The highest BCUT2D eigenvalue weighted by Crippen LogP contribution is 2.15. The zero-order valence-electron chi connectivity index (χ0n) is 8.97. The van der Waals surface area contributed by atoms with Gasteiger partial charge in [0.25, 0.3) is 5.97 Å². The van der Waals surface area contributed by atoms with E-state index in [-0.39, 0.29) is 4.90 Å². The van der Waals surface area contributed by atoms with E-state index in [0.29, 0.717) is 5.69 Å². The standard InChI is InChI=1S/C7H10N2O2S.C2H4O2/c1-5-2-3-6(4-7(5)8)12(9,10)11;1-2(3)4/h2-4H,8H2,1H3,(H2,9,10,11);1H3,(H,3,4). The molecule has 0 aliphatic carbocycles. The summed E-state index contributed by atoms with van der Waals surface area (Å²) in [5.41, 5.74) is 6.76. The number of carbonyl (C=O) groups is 1. The molecule has 0 heterocycles. The van der Waals surface area contributed by atoms with E-state index in [2.05, 4.69) is 0 Å². The Morgan fingerprint density at radius 2 is 1.81 bits per heavy atom. The molecule has 0 fully saturated rings. The van der Waals surface area contributed by atoms with Crippen molar-refractivity contribution in [2.75, 3.05) is 5.73 Å². The maximum absolute atomic E-state index is 10.8. The number of hydrogen-bond donors (Lipinski definition) is 3. The molecule has 0 atom stereocenters. The number of nitrogen functional groups attached to an aromatic ring is 1. The molecule has 0 bridgehead atoms. The van der Waals surface area contributed by atoms with Crippen LogP contribution >= 0.6 is 0 Å². The molecule has 7 heteroatoms. The predicted octanol–water partition coefficient (Wildman–Crippen LogP) is 0.316. The summed E-state index contributed by atoms with van der Waals surface area (Å²) < 4.78 is 21.6. The fourth-order valence-corrected chi connectivity index (χ4v) is 1.34. The molecule has 16 heavy (non-hydrogen) atoms. The first-order chi connectivity index (χ1) is 7.14. The number of nitrogens with two attached hydrogens (primary N) is 2. The first-order valence-corrected chi connectivity index (χ1v) is 5.77. The Labute approximate surface area is 93.9 Å². The Morgan fingerprint density at radius 1 is 1.38 bits per heavy atom. The average Bonchev–Trinajstić information content (AvgIpc) is 2.06. The summed E-state index contributed by atoms with van der Waals surface area (Å²) in [5, 5.41) is 12.3. The lowest BCUT2D eigenvalue weighted by Gasteiger charge is -2.01. The Kier molecular flexibility index (Phi) is 4.93. The molecule has 5 N–H and O–H groups in total. The van der Waals surface area contributed by atoms with Crippen molar-refractivity contribution in [2.24, 2.45) is 5.14 Å². The van der Waals surface area contributed by atoms with Gasteiger partial charge in [-0.2, -0.15) is 0 Å². The minimum Gasteiger partial charge on any atom is -0.481 e. The SMILES string of the molecule is CC(=O)O.Cc1ccc(S(N)(=O)=O)cc1N. The highest BCUT2D eigenvalue weighted by Gasteiger charge is 2.07. The van der Waals surface area contributed by atoms with Crippen LogP contribution < -0.4 is 10.9 Å². The Hall–Kier alpha value is -1.60. The van der Waals surface area contributed by atoms with Crippen LogP contribution in [0.1, 0.15) is 12.5 Å². The van der Waals surface area contributed by atoms with Crippen molar-refractivity contribution >= 4 is 21.7 Å². The van der Waals surface area contributed by atoms with Crippen molar-refractivity contribution in [3.63, 3.8) is 0 Å². The number of sulfonamides is 1. The van der Waals surface area contributed by atoms with E-state index in [0.717, 1.165) is 12.5 Å². The van der Waals surface area contributed by atoms with E-state index in [1.165, 1.54) is 12.1 Å². The van der Waals surface area contributed by atoms with Gasteiger partial charge < -0.3 is 10.8 Å². The maximum Gasteiger partial charge on any atom is 0.300 e. The topological polar surface area (TPSA) is 123 Å². The molecule has 1 rings (SSSR count). The van der Waals surface area contributed by atoms with Crippen LogP contribution in [0.5, 0.6) is 0 Å². The van der Waals surface area contributed by atoms with E-state index >= 15 is 0 Å². The zero-order valence-corrected chi connectivity index (χ0v) is 9.78. The number of aryl methyl sites for hydroxylation is 1. The Balaban J connectivity index is 0.000000487. The molecule has 0 aliphatic rings. The van der Waals surface area contributed by atoms with Crippen LogP contribution in [0.4, 0.5) is 5.69 Å². The van der Waals surface area contributed by atoms with Crippen LogP contribution in [0.2, 0.25) is 0 Å². The Morgan fingerprint density at radius 3 is 2.12 bits per heavy atom. The lowest BCUT2D eigenvalue weighted by molar-refractivity contribution is -0.134. The fourth-order valence-electron chi connectivity index (χ4n) is 0.796. The van der Waals surface area contributed by atoms with Gasteiger partial charge in [0.15, 0.2) is 0 Å². The van der Waals surface area contributed by atoms with Crippen LogP contribution in [-0.2, 0) is 14.8 Å². The molecule has 0 spiro atoms. The number of anilines is 1. The van der Waals surface area contributed by atoms with Crippen molar-refractivity contribution in [3.8, 4) is 0 Å². The van der Waals surface area contributed by atoms with Crippen molar-refractivity contribution in [3.05, 3.63) is 23.8 Å². The predicted molar refractivity (Wildman–Crippen MR) is 60.3 cm³/mol. The minimum absolute atomic E-state index is 0.0469. The highest BCUT2D eigenvalue weighted by molar-refractivity contribution is 7.89. The van der Waals surface area contributed by atoms with E-state index in [4.69, 9.17) is 20.8 Å². The van der Waals surface area contributed by atoms with Gasteiger partial charge in [0.1, 0.15) is 0 Å². The van der Waals surface area contributed by atoms with Crippen LogP contribution in [0.15, 0.2) is 23.1 Å². The lowest BCUT2D eigenvalue weighted by atomic mass is 10.2. The van der Waals surface area contributed by atoms with Gasteiger partial charge in [0, 0.05) is 12.6 Å². The summed E-state index contributed by atoms with van der Waals surface area (Å²) in [5.74, 6) is -0.833. The third kappa shape index (κ3) is 5.32. The molecule has 0 saturated heterocycles. The van der Waals surface area contributed by atoms with Crippen LogP contribution in [0.3, 0.4) is 0 Å². The molecule has 0 aliphatic heterocycles. The van der Waals surface area contributed by atoms with Gasteiger partial charge >= 0.3 is 0 Å². The van der Waals surface area contributed by atoms with Crippen molar-refractivity contribution in [2.45, 2.75) is 18.7 Å². The first-order valence-electron chi connectivity index (χ1n) is 4.23. The van der Waals surface area contributed by atoms with Crippen molar-refractivity contribution < 1.29 is 18.3 Å². The molecule has 6 nitrogen and oxygen atoms in total. The second kappa shape index (κ2) is 5.47. The van der Waals surface area contributed by atoms with Gasteiger partial charge in [-0.3, -0.25) is 4.79 Å². The number of benzene rings is 1. The summed E-state index contributed by atoms with van der Waals surface area (Å²) in [7, 11) is -3.62. The maximum atomic E-state index is 10.8. The molecule has 0 saturated carbocycles. The van der Waals surface area contributed by atoms with Gasteiger partial charge in [0.2, 0.25) is 10.0 Å². The average molecular weight is 246 g/mol. The fraction of sp³-hybridized carbons (Fsp3) is 0.222. The largest absolute Gasteiger partial charge is 0.481 e. The van der Waals surface area contributed by atoms with Crippen LogP contribution in [-0.4, -0.2) is 19.5 Å². The number of primary sulfonamides is 1. The molecule has 1 aromatic carbocycles. The van der Waals surface area contributed by atoms with Crippen LogP contribution in [0.25, 0.3) is 0 Å². The summed E-state index contributed by atoms with van der Waals surface area (Å²) >= 11 is 0. The quantitative estimate of drug-likeness (QED) is 0.615. The molecular formula is C9H14N2O4S. The second-order valence-electron chi connectivity index (χ2n) is 3.08. The summed E-state index contributed by atoms with van der Waals surface area (Å²) in [6.45, 7) is 2.88. The van der Waals surface area contributed by atoms with E-state index in [1.807, 2.05) is 0 Å². The lowest BCUT2D eigenvalue weighted by Crippen LogP contribution is -2.12. The molecule has 0 aromatic heterocycles. The smallest absolute Gasteiger partial charge is 0.300 e. The molecule has 0 amide bonds. The van der Waals surface area contributed by atoms with Gasteiger partial charge in [0.05, 0.1) is 4.90 Å². The van der Waals surface area contributed by atoms with E-state index in [1.54, 1.807) is 13.0 Å². The summed E-state index contributed by atoms with van der Waals surface area (Å²) in [4.78, 5) is 9.05. The highest BCUT2D eigenvalue weighted by atomic mass is 32.2. The van der Waals surface area contributed by atoms with Gasteiger partial charge in [-0.1, -0.05) is 6.07 Å². The van der Waals surface area contributed by atoms with Crippen molar-refractivity contribution in [1.82, 2.24) is 0 Å². The molecule has 0 radical (unpaired) electrons. The Bertz CT molecular complexity index is 478. The molecule has 90 valence electrons. The second-order valence-corrected chi connectivity index (χ2v) is 4.64. The number of hydrogen-bond acceptors (Lipinski definition) is 4. The third-order valence-electron chi connectivity index (χ3n) is 1.58. The van der Waals surface area contributed by atoms with E-state index < -0.39 is 16.0 Å². The first kappa shape index (κ1) is 14.4. The minimum atomic E-state index is -3.62. The summed E-state index contributed by atoms with van der Waals surface area (Å²) in [6.07, 6.45) is 0. The monoisotopic (exact) mass is 246 g/mol.